The van der Waals surface area contributed by atoms with Crippen LogP contribution < -0.4 is 0 Å². The van der Waals surface area contributed by atoms with E-state index in [1.165, 1.54) is 53.3 Å². The summed E-state index contributed by atoms with van der Waals surface area (Å²) in [5.74, 6) is 0.190. The van der Waals surface area contributed by atoms with Gasteiger partial charge in [-0.25, -0.2) is 0 Å². The van der Waals surface area contributed by atoms with E-state index in [1.807, 2.05) is 35.7 Å². The number of fused-ring (bicyclic) bond motifs is 6. The number of aromatic nitrogens is 3. The molecule has 0 unspecified atom stereocenters. The van der Waals surface area contributed by atoms with Crippen LogP contribution in [0, 0.1) is 6.07 Å². The van der Waals surface area contributed by atoms with E-state index in [-0.39, 0.29) is 37.6 Å². The molecule has 0 saturated heterocycles. The van der Waals surface area contributed by atoms with Crippen LogP contribution in [-0.4, -0.2) is 19.6 Å². The zero-order valence-corrected chi connectivity index (χ0v) is 40.8. The largest absolute Gasteiger partial charge is 0.507 e. The number of nitrogens with zero attached hydrogens (tertiary/aromatic N) is 3. The normalized spacial score (nSPS) is 12.0. The van der Waals surface area contributed by atoms with Gasteiger partial charge >= 0.3 is 0 Å². The van der Waals surface area contributed by atoms with Crippen LogP contribution >= 0.6 is 11.3 Å². The Bertz CT molecular complexity index is 3630. The topological polar surface area (TPSA) is 50.9 Å². The summed E-state index contributed by atoms with van der Waals surface area (Å²) < 4.78 is 5.02. The Labute approximate surface area is 404 Å². The van der Waals surface area contributed by atoms with Crippen LogP contribution in [0.2, 0.25) is 0 Å². The molecule has 0 aliphatic heterocycles. The zero-order valence-electron chi connectivity index (χ0n) is 37.8. The van der Waals surface area contributed by atoms with Gasteiger partial charge < -0.3 is 9.67 Å². The third kappa shape index (κ3) is 7.64. The zero-order chi connectivity index (χ0) is 44.6. The Balaban J connectivity index is 0.00000511. The standard InChI is InChI=1S/C60H48N3OS.Pt/c1-59(2,3)42-31-40(32-43(36-42)60(4,5)6)41-34-51(62-52(35-41)49-20-8-11-26-55(49)64)39-17-13-16-38(30-39)50-33-37(28-29-61-50)44-21-14-22-47-45-18-7-10-24-53(45)63(57(44)47)54-25-15-23-48-46-19-9-12-27-56(46)65-58(48)54;/h7-29,31-36,64H,1-6H3;/q-1;. The van der Waals surface area contributed by atoms with Gasteiger partial charge in [0.2, 0.25) is 0 Å². The molecule has 0 bridgehead atoms. The van der Waals surface area contributed by atoms with Crippen LogP contribution in [0.4, 0.5) is 0 Å². The van der Waals surface area contributed by atoms with E-state index in [0.717, 1.165) is 50.3 Å². The van der Waals surface area contributed by atoms with E-state index in [2.05, 4.69) is 198 Å². The second kappa shape index (κ2) is 16.7. The summed E-state index contributed by atoms with van der Waals surface area (Å²) in [6.45, 7) is 13.6. The first-order valence-electron chi connectivity index (χ1n) is 22.3. The number of hydrogen-bond donors (Lipinski definition) is 1. The molecule has 4 aromatic heterocycles. The fourth-order valence-electron chi connectivity index (χ4n) is 9.25. The predicted molar refractivity (Wildman–Crippen MR) is 274 cm³/mol. The van der Waals surface area contributed by atoms with Gasteiger partial charge in [-0.1, -0.05) is 162 Å². The molecule has 0 saturated carbocycles. The van der Waals surface area contributed by atoms with Crippen molar-refractivity contribution in [2.75, 3.05) is 0 Å². The Morgan fingerprint density at radius 2 is 1.11 bits per heavy atom. The average molecular weight is 1050 g/mol. The first kappa shape index (κ1) is 43.3. The summed E-state index contributed by atoms with van der Waals surface area (Å²) in [6, 6.07) is 63.7. The second-order valence-electron chi connectivity index (χ2n) is 19.2. The molecule has 66 heavy (non-hydrogen) atoms. The molecular weight excluding hydrogens is 1010 g/mol. The number of thiophene rings is 1. The Hall–Kier alpha value is -6.65. The summed E-state index contributed by atoms with van der Waals surface area (Å²) in [7, 11) is 0. The van der Waals surface area contributed by atoms with Crippen molar-refractivity contribution in [3.8, 4) is 67.5 Å². The second-order valence-corrected chi connectivity index (χ2v) is 20.2. The van der Waals surface area contributed by atoms with Crippen molar-refractivity contribution in [1.29, 1.82) is 0 Å². The van der Waals surface area contributed by atoms with Crippen molar-refractivity contribution < 1.29 is 26.2 Å². The molecule has 0 amide bonds. The van der Waals surface area contributed by atoms with Gasteiger partial charge in [0, 0.05) is 76.0 Å². The number of pyridine rings is 2. The monoisotopic (exact) mass is 1050 g/mol. The predicted octanol–water partition coefficient (Wildman–Crippen LogP) is 16.4. The van der Waals surface area contributed by atoms with E-state index in [0.29, 0.717) is 11.3 Å². The van der Waals surface area contributed by atoms with E-state index in [1.54, 1.807) is 6.07 Å². The molecule has 0 spiro atoms. The maximum atomic E-state index is 11.1. The Morgan fingerprint density at radius 1 is 0.515 bits per heavy atom. The number of hydrogen-bond acceptors (Lipinski definition) is 4. The molecule has 4 heterocycles. The minimum absolute atomic E-state index is 0. The SMILES string of the molecule is CC(C)(C)c1cc(-c2cc(-c3[c-]c(-c4cc(-c5cccc6c7ccccc7n(-c7cccc8c7sc7ccccc78)c56)ccn4)ccc3)nc(-c3ccccc3O)c2)cc(C(C)(C)C)c1.[Pt]. The smallest absolute Gasteiger partial charge is 0.124 e. The van der Waals surface area contributed by atoms with Crippen molar-refractivity contribution in [1.82, 2.24) is 14.5 Å². The summed E-state index contributed by atoms with van der Waals surface area (Å²) >= 11 is 1.85. The molecule has 0 aliphatic carbocycles. The van der Waals surface area contributed by atoms with Crippen LogP contribution in [0.3, 0.4) is 0 Å². The number of phenols is 1. The van der Waals surface area contributed by atoms with E-state index in [9.17, 15) is 5.11 Å². The van der Waals surface area contributed by atoms with Crippen molar-refractivity contribution in [3.05, 3.63) is 193 Å². The van der Waals surface area contributed by atoms with Crippen molar-refractivity contribution >= 4 is 53.3 Å². The van der Waals surface area contributed by atoms with E-state index < -0.39 is 0 Å². The molecule has 7 aromatic carbocycles. The van der Waals surface area contributed by atoms with Gasteiger partial charge in [-0.2, -0.15) is 0 Å². The third-order valence-electron chi connectivity index (χ3n) is 12.7. The number of aromatic hydroxyl groups is 1. The summed E-state index contributed by atoms with van der Waals surface area (Å²) in [5.41, 5.74) is 15.0. The molecule has 11 aromatic rings. The van der Waals surface area contributed by atoms with Crippen LogP contribution in [-0.2, 0) is 31.9 Å². The van der Waals surface area contributed by atoms with Crippen molar-refractivity contribution in [3.63, 3.8) is 0 Å². The molecule has 326 valence electrons. The molecular formula is C60H48N3OPtS-. The Morgan fingerprint density at radius 3 is 1.88 bits per heavy atom. The van der Waals surface area contributed by atoms with Gasteiger partial charge in [0.15, 0.2) is 0 Å². The van der Waals surface area contributed by atoms with Gasteiger partial charge in [0.1, 0.15) is 5.75 Å². The fraction of sp³-hybridized carbons (Fsp3) is 0.133. The number of phenolic OH excluding ortho intramolecular Hbond substituents is 1. The molecule has 4 nitrogen and oxygen atoms in total. The van der Waals surface area contributed by atoms with Crippen LogP contribution in [0.5, 0.6) is 5.75 Å². The van der Waals surface area contributed by atoms with Gasteiger partial charge in [0.05, 0.1) is 27.1 Å². The van der Waals surface area contributed by atoms with Gasteiger partial charge in [0.25, 0.3) is 0 Å². The fourth-order valence-corrected chi connectivity index (χ4v) is 10.5. The summed E-state index contributed by atoms with van der Waals surface area (Å²) in [6.07, 6.45) is 1.91. The quantitative estimate of drug-likeness (QED) is 0.169. The molecule has 0 radical (unpaired) electrons. The molecule has 11 rings (SSSR count). The van der Waals surface area contributed by atoms with E-state index >= 15 is 0 Å². The van der Waals surface area contributed by atoms with Crippen LogP contribution in [0.1, 0.15) is 52.7 Å². The molecule has 6 heteroatoms. The number of benzene rings is 7. The number of para-hydroxylation sites is 3. The maximum Gasteiger partial charge on any atom is 0.124 e. The first-order chi connectivity index (χ1) is 31.4. The average Bonchev–Trinajstić information content (AvgIpc) is 3.87. The van der Waals surface area contributed by atoms with Gasteiger partial charge in [-0.05, 0) is 81.1 Å². The minimum Gasteiger partial charge on any atom is -0.507 e. The third-order valence-corrected chi connectivity index (χ3v) is 13.9. The van der Waals surface area contributed by atoms with Gasteiger partial charge in [-0.15, -0.1) is 35.6 Å². The van der Waals surface area contributed by atoms with Crippen LogP contribution in [0.25, 0.3) is 104 Å². The first-order valence-corrected chi connectivity index (χ1v) is 23.1. The Kier molecular flexibility index (Phi) is 10.9. The van der Waals surface area contributed by atoms with Crippen LogP contribution in [0.15, 0.2) is 176 Å². The molecule has 1 N–H and O–H groups in total. The van der Waals surface area contributed by atoms with Gasteiger partial charge in [-0.3, -0.25) is 9.97 Å². The van der Waals surface area contributed by atoms with E-state index in [4.69, 9.17) is 9.97 Å². The molecule has 0 atom stereocenters. The molecule has 0 aliphatic rings. The molecule has 0 fully saturated rings. The van der Waals surface area contributed by atoms with Crippen molar-refractivity contribution in [2.45, 2.75) is 52.4 Å². The maximum absolute atomic E-state index is 11.1. The minimum atomic E-state index is -0.0502. The summed E-state index contributed by atoms with van der Waals surface area (Å²) in [4.78, 5) is 10.2. The summed E-state index contributed by atoms with van der Waals surface area (Å²) in [5, 5.41) is 16.1. The number of rotatable bonds is 6. The van der Waals surface area contributed by atoms with Crippen molar-refractivity contribution in [2.24, 2.45) is 0 Å².